The van der Waals surface area contributed by atoms with Crippen LogP contribution >= 0.6 is 23.2 Å². The number of nitrogens with zero attached hydrogens (tertiary/aromatic N) is 9. The second-order valence-electron chi connectivity index (χ2n) is 13.7. The quantitative estimate of drug-likeness (QED) is 0.106. The molecule has 0 aliphatic rings. The number of aromatic nitrogens is 10. The molecule has 9 aromatic rings. The lowest BCUT2D eigenvalue weighted by atomic mass is 10.1. The van der Waals surface area contributed by atoms with Crippen molar-refractivity contribution in [2.75, 3.05) is 17.2 Å². The number of rotatable bonds is 10. The molecule has 0 spiro atoms. The average molecular weight is 858 g/mol. The van der Waals surface area contributed by atoms with Gasteiger partial charge in [0.25, 0.3) is 11.1 Å². The van der Waals surface area contributed by atoms with E-state index in [4.69, 9.17) is 23.2 Å². The molecule has 0 saturated carbocycles. The van der Waals surface area contributed by atoms with Gasteiger partial charge in [0.15, 0.2) is 11.5 Å². The van der Waals surface area contributed by atoms with Gasteiger partial charge < -0.3 is 25.3 Å². The summed E-state index contributed by atoms with van der Waals surface area (Å²) in [5.41, 5.74) is 3.86. The molecule has 4 N–H and O–H groups in total. The highest BCUT2D eigenvalue weighted by Crippen LogP contribution is 2.29. The number of aryl methyl sites for hydroxylation is 1. The lowest BCUT2D eigenvalue weighted by Gasteiger charge is -2.21. The molecule has 0 bridgehead atoms. The molecular formula is C43H35Cl2FN12O3. The number of fused-ring (bicyclic) bond motifs is 2. The van der Waals surface area contributed by atoms with Crippen LogP contribution < -0.4 is 21.8 Å². The van der Waals surface area contributed by atoms with Crippen LogP contribution in [0.4, 0.5) is 22.0 Å². The minimum absolute atomic E-state index is 0.0255. The molecule has 2 unspecified atom stereocenters. The summed E-state index contributed by atoms with van der Waals surface area (Å²) >= 11 is 12.1. The van der Waals surface area contributed by atoms with E-state index in [1.165, 1.54) is 29.1 Å². The number of H-pyrrole nitrogens is 1. The van der Waals surface area contributed by atoms with Crippen LogP contribution in [0.2, 0.25) is 10.0 Å². The molecule has 0 saturated heterocycles. The Balaban J connectivity index is 0.000000168. The van der Waals surface area contributed by atoms with Crippen molar-refractivity contribution >= 4 is 62.7 Å². The molecule has 3 aromatic carbocycles. The van der Waals surface area contributed by atoms with Crippen molar-refractivity contribution in [3.8, 4) is 16.9 Å². The second-order valence-corrected chi connectivity index (χ2v) is 14.5. The van der Waals surface area contributed by atoms with E-state index in [1.807, 2.05) is 55.5 Å². The number of halogens is 3. The second kappa shape index (κ2) is 17.5. The number of para-hydroxylation sites is 1. The van der Waals surface area contributed by atoms with Crippen molar-refractivity contribution in [1.82, 2.24) is 48.8 Å². The topological polar surface area (TPSA) is 186 Å². The Kier molecular flexibility index (Phi) is 11.6. The van der Waals surface area contributed by atoms with E-state index in [-0.39, 0.29) is 28.8 Å². The van der Waals surface area contributed by atoms with Crippen molar-refractivity contribution in [2.45, 2.75) is 19.0 Å². The molecule has 6 heterocycles. The van der Waals surface area contributed by atoms with E-state index in [2.05, 4.69) is 45.6 Å². The van der Waals surface area contributed by atoms with Crippen molar-refractivity contribution < 1.29 is 9.50 Å². The minimum atomic E-state index is -0.749. The molecular weight excluding hydrogens is 822 g/mol. The van der Waals surface area contributed by atoms with Crippen LogP contribution in [-0.4, -0.2) is 60.5 Å². The molecule has 0 aliphatic heterocycles. The molecule has 0 aliphatic carbocycles. The van der Waals surface area contributed by atoms with Crippen LogP contribution in [0, 0.1) is 5.82 Å². The Bertz CT molecular complexity index is 3140. The number of aliphatic hydroxyl groups excluding tert-OH is 1. The highest BCUT2D eigenvalue weighted by molar-refractivity contribution is 6.35. The molecule has 18 heteroatoms. The van der Waals surface area contributed by atoms with E-state index >= 15 is 0 Å². The average Bonchev–Trinajstić information content (AvgIpc) is 3.92. The van der Waals surface area contributed by atoms with Crippen molar-refractivity contribution in [1.29, 1.82) is 0 Å². The summed E-state index contributed by atoms with van der Waals surface area (Å²) in [6.45, 7) is 1.60. The lowest BCUT2D eigenvalue weighted by molar-refractivity contribution is 0.247. The van der Waals surface area contributed by atoms with Crippen LogP contribution in [0.15, 0.2) is 138 Å². The molecule has 0 fully saturated rings. The summed E-state index contributed by atoms with van der Waals surface area (Å²) in [4.78, 5) is 50.7. The zero-order valence-electron chi connectivity index (χ0n) is 32.4. The Morgan fingerprint density at radius 2 is 1.72 bits per heavy atom. The predicted molar refractivity (Wildman–Crippen MR) is 233 cm³/mol. The van der Waals surface area contributed by atoms with Gasteiger partial charge >= 0.3 is 0 Å². The third-order valence-electron chi connectivity index (χ3n) is 9.86. The number of anilines is 3. The maximum Gasteiger partial charge on any atom is 0.264 e. The first kappa shape index (κ1) is 40.5. The van der Waals surface area contributed by atoms with Gasteiger partial charge in [-0.15, -0.1) is 0 Å². The normalized spacial score (nSPS) is 12.2. The molecule has 0 radical (unpaired) electrons. The first-order chi connectivity index (χ1) is 29.6. The smallest absolute Gasteiger partial charge is 0.264 e. The SMILES string of the molecule is CC(Nc1ncnc2nc[nH]c12)c1cc2cccc(Cl)c2c(=O)n1-c1ccccc1.Cn1nccc1Nc1nccc(-c2ccn(C(CO)c3ccc(Cl)c(F)c3)c(=O)c2)n1. The number of hydrogen-bond acceptors (Lipinski definition) is 11. The van der Waals surface area contributed by atoms with E-state index < -0.39 is 11.9 Å². The largest absolute Gasteiger partial charge is 0.394 e. The summed E-state index contributed by atoms with van der Waals surface area (Å²) < 4.78 is 18.5. The Morgan fingerprint density at radius 3 is 2.48 bits per heavy atom. The molecule has 306 valence electrons. The Hall–Kier alpha value is -7.27. The summed E-state index contributed by atoms with van der Waals surface area (Å²) in [5, 5.41) is 22.1. The van der Waals surface area contributed by atoms with E-state index in [0.717, 1.165) is 16.8 Å². The molecule has 2 atom stereocenters. The van der Waals surface area contributed by atoms with Gasteiger partial charge in [0.1, 0.15) is 23.5 Å². The maximum absolute atomic E-state index is 13.8. The van der Waals surface area contributed by atoms with Gasteiger partial charge in [-0.1, -0.05) is 59.6 Å². The van der Waals surface area contributed by atoms with Crippen LogP contribution in [0.25, 0.3) is 38.9 Å². The third-order valence-corrected chi connectivity index (χ3v) is 10.5. The number of pyridine rings is 2. The van der Waals surface area contributed by atoms with Gasteiger partial charge in [0.2, 0.25) is 5.95 Å². The standard InChI is InChI=1S/C22H17ClN6O.C21H18ClFN6O2/c1-13(28-21-19-20(25-11-24-19)26-12-27-21)17-10-14-6-5-9-16(23)18(14)22(30)29(17)15-7-3-2-4-8-15;1-28-19(5-8-25-28)27-21-24-7-4-17(26-21)13-6-9-29(20(31)11-13)18(12-30)14-2-3-15(22)16(23)10-14/h2-13H,1H3,(H2,24,25,26,27,28);2-11,18,30H,12H2,1H3,(H,24,26,27). The van der Waals surface area contributed by atoms with Gasteiger partial charge in [-0.25, -0.2) is 29.3 Å². The number of imidazole rings is 1. The lowest BCUT2D eigenvalue weighted by Crippen LogP contribution is -2.27. The van der Waals surface area contributed by atoms with Gasteiger partial charge in [-0.05, 0) is 66.4 Å². The van der Waals surface area contributed by atoms with Gasteiger partial charge in [0.05, 0.1) is 52.3 Å². The summed E-state index contributed by atoms with van der Waals surface area (Å²) in [6.07, 6.45) is 7.81. The first-order valence-electron chi connectivity index (χ1n) is 18.8. The van der Waals surface area contributed by atoms with Gasteiger partial charge in [-0.3, -0.25) is 18.8 Å². The summed E-state index contributed by atoms with van der Waals surface area (Å²) in [6, 6.07) is 26.7. The molecule has 0 amide bonds. The number of benzene rings is 3. The predicted octanol–water partition coefficient (Wildman–Crippen LogP) is 7.64. The number of aromatic amines is 1. The van der Waals surface area contributed by atoms with E-state index in [1.54, 1.807) is 71.5 Å². The van der Waals surface area contributed by atoms with Gasteiger partial charge in [-0.2, -0.15) is 5.10 Å². The van der Waals surface area contributed by atoms with Crippen LogP contribution in [0.5, 0.6) is 0 Å². The fourth-order valence-corrected chi connectivity index (χ4v) is 7.21. The number of hydrogen-bond donors (Lipinski definition) is 4. The van der Waals surface area contributed by atoms with Crippen LogP contribution in [0.3, 0.4) is 0 Å². The third kappa shape index (κ3) is 8.45. The Labute approximate surface area is 356 Å². The maximum atomic E-state index is 13.8. The van der Waals surface area contributed by atoms with E-state index in [9.17, 15) is 19.1 Å². The highest BCUT2D eigenvalue weighted by atomic mass is 35.5. The van der Waals surface area contributed by atoms with Crippen molar-refractivity contribution in [2.24, 2.45) is 7.05 Å². The zero-order valence-corrected chi connectivity index (χ0v) is 33.9. The number of aliphatic hydroxyl groups is 1. The summed E-state index contributed by atoms with van der Waals surface area (Å²) in [7, 11) is 1.79. The van der Waals surface area contributed by atoms with Crippen LogP contribution in [-0.2, 0) is 7.05 Å². The fourth-order valence-electron chi connectivity index (χ4n) is 6.83. The number of nitrogens with one attached hydrogen (secondary N) is 3. The zero-order chi connectivity index (χ0) is 42.6. The van der Waals surface area contributed by atoms with Crippen molar-refractivity contribution in [3.05, 3.63) is 176 Å². The van der Waals surface area contributed by atoms with E-state index in [0.29, 0.717) is 56.0 Å². The van der Waals surface area contributed by atoms with Crippen molar-refractivity contribution in [3.63, 3.8) is 0 Å². The van der Waals surface area contributed by atoms with Gasteiger partial charge in [0, 0.05) is 48.5 Å². The Morgan fingerprint density at radius 1 is 0.885 bits per heavy atom. The molecule has 15 nitrogen and oxygen atoms in total. The highest BCUT2D eigenvalue weighted by Gasteiger charge is 2.20. The molecule has 61 heavy (non-hydrogen) atoms. The minimum Gasteiger partial charge on any atom is -0.394 e. The fraction of sp³-hybridized carbons (Fsp3) is 0.116. The molecule has 9 rings (SSSR count). The first-order valence-corrected chi connectivity index (χ1v) is 19.5. The van der Waals surface area contributed by atoms with Crippen LogP contribution in [0.1, 0.15) is 30.3 Å². The monoisotopic (exact) mass is 856 g/mol. The summed E-state index contributed by atoms with van der Waals surface area (Å²) in [5.74, 6) is 1.07. The molecule has 6 aromatic heterocycles.